The summed E-state index contributed by atoms with van der Waals surface area (Å²) in [6.45, 7) is 3.17. The van der Waals surface area contributed by atoms with Gasteiger partial charge in [0.05, 0.1) is 0 Å². The normalized spacial score (nSPS) is 14.8. The van der Waals surface area contributed by atoms with Crippen LogP contribution in [0.4, 0.5) is 0 Å². The van der Waals surface area contributed by atoms with Crippen molar-refractivity contribution in [1.82, 2.24) is 14.9 Å². The summed E-state index contributed by atoms with van der Waals surface area (Å²) in [5.41, 5.74) is 2.56. The van der Waals surface area contributed by atoms with E-state index in [-0.39, 0.29) is 0 Å². The zero-order valence-corrected chi connectivity index (χ0v) is 11.5. The van der Waals surface area contributed by atoms with Crippen molar-refractivity contribution < 1.29 is 0 Å². The van der Waals surface area contributed by atoms with Crippen molar-refractivity contribution in [1.29, 1.82) is 0 Å². The lowest BCUT2D eigenvalue weighted by atomic mass is 10.2. The molecule has 0 amide bonds. The molecule has 3 rings (SSSR count). The van der Waals surface area contributed by atoms with Crippen molar-refractivity contribution in [2.75, 3.05) is 0 Å². The molecule has 0 radical (unpaired) electrons. The molecule has 3 heteroatoms. The third-order valence-corrected chi connectivity index (χ3v) is 3.58. The van der Waals surface area contributed by atoms with Gasteiger partial charge < -0.3 is 9.88 Å². The highest BCUT2D eigenvalue weighted by Crippen LogP contribution is 2.19. The summed E-state index contributed by atoms with van der Waals surface area (Å²) in [4.78, 5) is 4.42. The molecule has 100 valence electrons. The number of rotatable bonds is 6. The lowest BCUT2D eigenvalue weighted by Crippen LogP contribution is -2.15. The number of imidazole rings is 1. The first-order valence-electron chi connectivity index (χ1n) is 7.21. The highest BCUT2D eigenvalue weighted by Gasteiger charge is 2.19. The van der Waals surface area contributed by atoms with Crippen LogP contribution in [0.15, 0.2) is 36.7 Å². The Balaban J connectivity index is 1.71. The van der Waals surface area contributed by atoms with Crippen molar-refractivity contribution in [2.45, 2.75) is 45.2 Å². The Hall–Kier alpha value is -1.61. The molecule has 1 aromatic heterocycles. The number of benzene rings is 1. The van der Waals surface area contributed by atoms with Crippen molar-refractivity contribution in [2.24, 2.45) is 0 Å². The van der Waals surface area contributed by atoms with E-state index >= 15 is 0 Å². The summed E-state index contributed by atoms with van der Waals surface area (Å²) >= 11 is 0. The summed E-state index contributed by atoms with van der Waals surface area (Å²) in [6, 6.07) is 9.56. The molecule has 1 heterocycles. The van der Waals surface area contributed by atoms with Gasteiger partial charge in [-0.1, -0.05) is 19.1 Å². The van der Waals surface area contributed by atoms with Crippen molar-refractivity contribution in [3.05, 3.63) is 48.0 Å². The molecule has 0 unspecified atom stereocenters. The molecule has 1 N–H and O–H groups in total. The van der Waals surface area contributed by atoms with E-state index < -0.39 is 0 Å². The quantitative estimate of drug-likeness (QED) is 0.859. The fraction of sp³-hybridized carbons (Fsp3) is 0.438. The summed E-state index contributed by atoms with van der Waals surface area (Å²) in [6.07, 6.45) is 8.76. The lowest BCUT2D eigenvalue weighted by Gasteiger charge is -2.09. The molecule has 19 heavy (non-hydrogen) atoms. The maximum absolute atomic E-state index is 4.42. The SMILES string of the molecule is CCCc1nccn1-c1ccc(CNC2CC2)cc1. The van der Waals surface area contributed by atoms with E-state index in [1.165, 1.54) is 24.1 Å². The topological polar surface area (TPSA) is 29.9 Å². The van der Waals surface area contributed by atoms with E-state index in [4.69, 9.17) is 0 Å². The van der Waals surface area contributed by atoms with E-state index in [9.17, 15) is 0 Å². The van der Waals surface area contributed by atoms with Crippen LogP contribution in [-0.2, 0) is 13.0 Å². The van der Waals surface area contributed by atoms with Gasteiger partial charge in [0.1, 0.15) is 5.82 Å². The van der Waals surface area contributed by atoms with Gasteiger partial charge in [-0.3, -0.25) is 0 Å². The van der Waals surface area contributed by atoms with Gasteiger partial charge in [0, 0.05) is 37.1 Å². The second kappa shape index (κ2) is 5.57. The molecule has 1 saturated carbocycles. The van der Waals surface area contributed by atoms with E-state index in [0.717, 1.165) is 31.3 Å². The Morgan fingerprint density at radius 1 is 1.26 bits per heavy atom. The molecule has 1 aromatic carbocycles. The summed E-state index contributed by atoms with van der Waals surface area (Å²) in [5, 5.41) is 3.54. The largest absolute Gasteiger partial charge is 0.310 e. The van der Waals surface area contributed by atoms with Gasteiger partial charge in [-0.2, -0.15) is 0 Å². The van der Waals surface area contributed by atoms with Crippen molar-refractivity contribution >= 4 is 0 Å². The third-order valence-electron chi connectivity index (χ3n) is 3.58. The monoisotopic (exact) mass is 255 g/mol. The van der Waals surface area contributed by atoms with Crippen LogP contribution in [0.2, 0.25) is 0 Å². The molecule has 1 fully saturated rings. The minimum absolute atomic E-state index is 0.768. The molecule has 1 aliphatic carbocycles. The minimum atomic E-state index is 0.768. The van der Waals surface area contributed by atoms with Gasteiger partial charge in [-0.05, 0) is 37.0 Å². The van der Waals surface area contributed by atoms with E-state index in [1.807, 2.05) is 12.4 Å². The zero-order valence-electron chi connectivity index (χ0n) is 11.5. The van der Waals surface area contributed by atoms with Crippen LogP contribution in [0, 0.1) is 0 Å². The van der Waals surface area contributed by atoms with Gasteiger partial charge in [0.2, 0.25) is 0 Å². The first-order chi connectivity index (χ1) is 9.36. The third kappa shape index (κ3) is 3.04. The van der Waals surface area contributed by atoms with Crippen LogP contribution in [0.5, 0.6) is 0 Å². The van der Waals surface area contributed by atoms with Gasteiger partial charge in [0.25, 0.3) is 0 Å². The molecule has 0 bridgehead atoms. The summed E-state index contributed by atoms with van der Waals surface area (Å²) < 4.78 is 2.18. The van der Waals surface area contributed by atoms with Crippen LogP contribution in [-0.4, -0.2) is 15.6 Å². The summed E-state index contributed by atoms with van der Waals surface area (Å²) in [7, 11) is 0. The standard InChI is InChI=1S/C16H21N3/c1-2-3-16-17-10-11-19(16)15-8-4-13(5-9-15)12-18-14-6-7-14/h4-5,8-11,14,18H,2-3,6-7,12H2,1H3. The highest BCUT2D eigenvalue weighted by molar-refractivity contribution is 5.36. The first kappa shape index (κ1) is 12.4. The number of nitrogens with one attached hydrogen (secondary N) is 1. The predicted octanol–water partition coefficient (Wildman–Crippen LogP) is 3.08. The number of hydrogen-bond donors (Lipinski definition) is 1. The smallest absolute Gasteiger partial charge is 0.113 e. The fourth-order valence-electron chi connectivity index (χ4n) is 2.30. The molecular weight excluding hydrogens is 234 g/mol. The fourth-order valence-corrected chi connectivity index (χ4v) is 2.30. The van der Waals surface area contributed by atoms with E-state index in [1.54, 1.807) is 0 Å². The second-order valence-corrected chi connectivity index (χ2v) is 5.29. The number of nitrogens with zero attached hydrogens (tertiary/aromatic N) is 2. The number of hydrogen-bond acceptors (Lipinski definition) is 2. The van der Waals surface area contributed by atoms with Crippen LogP contribution in [0.25, 0.3) is 5.69 Å². The second-order valence-electron chi connectivity index (χ2n) is 5.29. The van der Waals surface area contributed by atoms with E-state index in [2.05, 4.69) is 46.1 Å². The Morgan fingerprint density at radius 2 is 2.05 bits per heavy atom. The van der Waals surface area contributed by atoms with Crippen LogP contribution >= 0.6 is 0 Å². The van der Waals surface area contributed by atoms with E-state index in [0.29, 0.717) is 0 Å². The molecule has 0 atom stereocenters. The molecule has 1 aliphatic rings. The summed E-state index contributed by atoms with van der Waals surface area (Å²) in [5.74, 6) is 1.14. The Morgan fingerprint density at radius 3 is 2.74 bits per heavy atom. The molecule has 0 saturated heterocycles. The Labute approximate surface area is 114 Å². The Kier molecular flexibility index (Phi) is 3.65. The molecule has 0 spiro atoms. The zero-order chi connectivity index (χ0) is 13.1. The van der Waals surface area contributed by atoms with Crippen molar-refractivity contribution in [3.8, 4) is 5.69 Å². The molecule has 2 aromatic rings. The molecule has 3 nitrogen and oxygen atoms in total. The predicted molar refractivity (Wildman–Crippen MR) is 77.4 cm³/mol. The molecular formula is C16H21N3. The first-order valence-corrected chi connectivity index (χ1v) is 7.21. The minimum Gasteiger partial charge on any atom is -0.310 e. The maximum Gasteiger partial charge on any atom is 0.113 e. The molecule has 0 aliphatic heterocycles. The van der Waals surface area contributed by atoms with Crippen LogP contribution in [0.1, 0.15) is 37.6 Å². The number of aryl methyl sites for hydroxylation is 1. The maximum atomic E-state index is 4.42. The van der Waals surface area contributed by atoms with Gasteiger partial charge in [-0.15, -0.1) is 0 Å². The van der Waals surface area contributed by atoms with Gasteiger partial charge in [0.15, 0.2) is 0 Å². The van der Waals surface area contributed by atoms with Crippen molar-refractivity contribution in [3.63, 3.8) is 0 Å². The number of aromatic nitrogens is 2. The van der Waals surface area contributed by atoms with Crippen LogP contribution in [0.3, 0.4) is 0 Å². The Bertz CT molecular complexity index is 523. The van der Waals surface area contributed by atoms with Gasteiger partial charge >= 0.3 is 0 Å². The lowest BCUT2D eigenvalue weighted by molar-refractivity contribution is 0.687. The van der Waals surface area contributed by atoms with Gasteiger partial charge in [-0.25, -0.2) is 4.98 Å². The average molecular weight is 255 g/mol. The average Bonchev–Trinajstić information content (AvgIpc) is 3.16. The van der Waals surface area contributed by atoms with Crippen LogP contribution < -0.4 is 5.32 Å². The highest BCUT2D eigenvalue weighted by atomic mass is 15.1.